The Labute approximate surface area is 170 Å². The van der Waals surface area contributed by atoms with E-state index in [1.54, 1.807) is 31.2 Å². The van der Waals surface area contributed by atoms with Crippen LogP contribution in [0.3, 0.4) is 0 Å². The first kappa shape index (κ1) is 19.0. The van der Waals surface area contributed by atoms with Gasteiger partial charge >= 0.3 is 0 Å². The van der Waals surface area contributed by atoms with Crippen LogP contribution in [0.25, 0.3) is 5.69 Å². The molecule has 1 N–H and O–H groups in total. The average molecular weight is 415 g/mol. The van der Waals surface area contributed by atoms with Gasteiger partial charge in [0.2, 0.25) is 11.8 Å². The number of rotatable bonds is 4. The van der Waals surface area contributed by atoms with Gasteiger partial charge in [-0.1, -0.05) is 17.7 Å². The molecule has 1 unspecified atom stereocenters. The lowest BCUT2D eigenvalue weighted by Crippen LogP contribution is -2.28. The fraction of sp³-hybridized carbons (Fsp3) is 0.211. The molecule has 0 spiro atoms. The van der Waals surface area contributed by atoms with Gasteiger partial charge in [-0.25, -0.2) is 4.39 Å². The van der Waals surface area contributed by atoms with E-state index < -0.39 is 11.7 Å². The Hall–Kier alpha value is -3.33. The number of carbonyl (C=O) groups excluding carboxylic acids is 2. The molecule has 29 heavy (non-hydrogen) atoms. The molecule has 148 valence electrons. The van der Waals surface area contributed by atoms with Gasteiger partial charge < -0.3 is 10.2 Å². The Morgan fingerprint density at radius 1 is 1.28 bits per heavy atom. The average Bonchev–Trinajstić information content (AvgIpc) is 3.29. The van der Waals surface area contributed by atoms with E-state index in [4.69, 9.17) is 11.6 Å². The number of nitrogens with zero attached hydrogens (tertiary/aromatic N) is 5. The van der Waals surface area contributed by atoms with E-state index in [2.05, 4.69) is 20.8 Å². The fourth-order valence-electron chi connectivity index (χ4n) is 3.23. The molecule has 10 heteroatoms. The lowest BCUT2D eigenvalue weighted by atomic mass is 10.1. The third-order valence-corrected chi connectivity index (χ3v) is 4.92. The maximum absolute atomic E-state index is 14.2. The van der Waals surface area contributed by atoms with Crippen LogP contribution < -0.4 is 10.2 Å². The first-order chi connectivity index (χ1) is 13.9. The standard InChI is InChI=1S/C19H16ClFN6O2/c1-11-23-24-25-27(11)17-9-14(5-6-16(17)21)22-19(29)12-7-18(28)26(10-12)15-4-2-3-13(20)8-15/h2-6,8-9,12H,7,10H2,1H3,(H,22,29). The molecule has 2 heterocycles. The molecule has 0 radical (unpaired) electrons. The van der Waals surface area contributed by atoms with E-state index in [0.29, 0.717) is 22.2 Å². The minimum atomic E-state index is -0.537. The maximum Gasteiger partial charge on any atom is 0.229 e. The van der Waals surface area contributed by atoms with Crippen LogP contribution in [0.2, 0.25) is 5.02 Å². The summed E-state index contributed by atoms with van der Waals surface area (Å²) in [4.78, 5) is 26.6. The molecule has 0 bridgehead atoms. The highest BCUT2D eigenvalue weighted by atomic mass is 35.5. The highest BCUT2D eigenvalue weighted by molar-refractivity contribution is 6.31. The first-order valence-electron chi connectivity index (χ1n) is 8.84. The van der Waals surface area contributed by atoms with Gasteiger partial charge in [0.25, 0.3) is 0 Å². The van der Waals surface area contributed by atoms with Crippen LogP contribution in [0.1, 0.15) is 12.2 Å². The largest absolute Gasteiger partial charge is 0.326 e. The van der Waals surface area contributed by atoms with Crippen molar-refractivity contribution in [3.63, 3.8) is 0 Å². The number of aromatic nitrogens is 4. The summed E-state index contributed by atoms with van der Waals surface area (Å²) in [6, 6.07) is 11.0. The molecule has 1 fully saturated rings. The topological polar surface area (TPSA) is 93.0 Å². The van der Waals surface area contributed by atoms with Crippen molar-refractivity contribution in [2.45, 2.75) is 13.3 Å². The molecule has 2 amide bonds. The van der Waals surface area contributed by atoms with Crippen molar-refractivity contribution in [1.82, 2.24) is 20.2 Å². The Balaban J connectivity index is 1.50. The molecule has 1 aliphatic rings. The lowest BCUT2D eigenvalue weighted by Gasteiger charge is -2.17. The summed E-state index contributed by atoms with van der Waals surface area (Å²) in [5.41, 5.74) is 1.15. The van der Waals surface area contributed by atoms with Gasteiger partial charge in [-0.3, -0.25) is 9.59 Å². The smallest absolute Gasteiger partial charge is 0.229 e. The maximum atomic E-state index is 14.2. The number of benzene rings is 2. The summed E-state index contributed by atoms with van der Waals surface area (Å²) >= 11 is 5.99. The van der Waals surface area contributed by atoms with Crippen molar-refractivity contribution in [2.75, 3.05) is 16.8 Å². The summed E-state index contributed by atoms with van der Waals surface area (Å²) in [5, 5.41) is 14.2. The van der Waals surface area contributed by atoms with Crippen LogP contribution in [0.5, 0.6) is 0 Å². The second-order valence-corrected chi connectivity index (χ2v) is 7.12. The van der Waals surface area contributed by atoms with Crippen LogP contribution >= 0.6 is 11.6 Å². The van der Waals surface area contributed by atoms with Gasteiger partial charge in [0, 0.05) is 29.4 Å². The third-order valence-electron chi connectivity index (χ3n) is 4.68. The second kappa shape index (κ2) is 7.59. The fourth-order valence-corrected chi connectivity index (χ4v) is 3.41. The van der Waals surface area contributed by atoms with Gasteiger partial charge in [0.1, 0.15) is 11.5 Å². The number of halogens is 2. The predicted molar refractivity (Wildman–Crippen MR) is 104 cm³/mol. The van der Waals surface area contributed by atoms with Crippen LogP contribution in [0.15, 0.2) is 42.5 Å². The molecule has 1 aliphatic heterocycles. The van der Waals surface area contributed by atoms with E-state index in [1.807, 2.05) is 0 Å². The monoisotopic (exact) mass is 414 g/mol. The second-order valence-electron chi connectivity index (χ2n) is 6.68. The number of aryl methyl sites for hydroxylation is 1. The molecule has 0 aliphatic carbocycles. The zero-order valence-electron chi connectivity index (χ0n) is 15.3. The van der Waals surface area contributed by atoms with E-state index in [9.17, 15) is 14.0 Å². The highest BCUT2D eigenvalue weighted by Gasteiger charge is 2.35. The minimum Gasteiger partial charge on any atom is -0.326 e. The number of nitrogens with one attached hydrogen (secondary N) is 1. The number of anilines is 2. The number of carbonyl (C=O) groups is 2. The molecule has 8 nitrogen and oxygen atoms in total. The number of amides is 2. The van der Waals surface area contributed by atoms with Gasteiger partial charge in [-0.05, 0) is 53.7 Å². The predicted octanol–water partition coefficient (Wildman–Crippen LogP) is 2.75. The van der Waals surface area contributed by atoms with Gasteiger partial charge in [-0.15, -0.1) is 5.10 Å². The quantitative estimate of drug-likeness (QED) is 0.708. The molecule has 4 rings (SSSR count). The summed E-state index contributed by atoms with van der Waals surface area (Å²) in [6.07, 6.45) is 0.0818. The normalized spacial score (nSPS) is 16.3. The minimum absolute atomic E-state index is 0.0818. The van der Waals surface area contributed by atoms with Gasteiger partial charge in [0.05, 0.1) is 5.92 Å². The van der Waals surface area contributed by atoms with Crippen molar-refractivity contribution in [3.8, 4) is 5.69 Å². The summed E-state index contributed by atoms with van der Waals surface area (Å²) in [6.45, 7) is 1.88. The molecular weight excluding hydrogens is 399 g/mol. The van der Waals surface area contributed by atoms with Crippen LogP contribution in [0.4, 0.5) is 15.8 Å². The summed E-state index contributed by atoms with van der Waals surface area (Å²) in [5.74, 6) is -1.14. The molecule has 1 aromatic heterocycles. The Morgan fingerprint density at radius 3 is 2.83 bits per heavy atom. The van der Waals surface area contributed by atoms with Gasteiger partial charge in [-0.2, -0.15) is 4.68 Å². The molecule has 1 saturated heterocycles. The molecule has 2 aromatic carbocycles. The lowest BCUT2D eigenvalue weighted by molar-refractivity contribution is -0.122. The molecule has 0 saturated carbocycles. The molecular formula is C19H16ClFN6O2. The Morgan fingerprint density at radius 2 is 2.10 bits per heavy atom. The SMILES string of the molecule is Cc1nnnn1-c1cc(NC(=O)C2CC(=O)N(c3cccc(Cl)c3)C2)ccc1F. The van der Waals surface area contributed by atoms with E-state index in [1.165, 1.54) is 27.8 Å². The van der Waals surface area contributed by atoms with Crippen molar-refractivity contribution in [3.05, 3.63) is 59.1 Å². The van der Waals surface area contributed by atoms with E-state index >= 15 is 0 Å². The number of hydrogen-bond donors (Lipinski definition) is 1. The van der Waals surface area contributed by atoms with Crippen molar-refractivity contribution < 1.29 is 14.0 Å². The van der Waals surface area contributed by atoms with Gasteiger partial charge in [0.15, 0.2) is 5.82 Å². The molecule has 3 aromatic rings. The summed E-state index contributed by atoms with van der Waals surface area (Å²) in [7, 11) is 0. The molecule has 1 atom stereocenters. The zero-order valence-corrected chi connectivity index (χ0v) is 16.1. The summed E-state index contributed by atoms with van der Waals surface area (Å²) < 4.78 is 15.4. The first-order valence-corrected chi connectivity index (χ1v) is 9.22. The van der Waals surface area contributed by atoms with E-state index in [0.717, 1.165) is 0 Å². The van der Waals surface area contributed by atoms with Crippen molar-refractivity contribution in [1.29, 1.82) is 0 Å². The number of hydrogen-bond acceptors (Lipinski definition) is 5. The van der Waals surface area contributed by atoms with Crippen molar-refractivity contribution >= 4 is 34.8 Å². The Kier molecular flexibility index (Phi) is 4.98. The van der Waals surface area contributed by atoms with Crippen LogP contribution in [0, 0.1) is 18.7 Å². The number of tetrazole rings is 1. The Bertz CT molecular complexity index is 1100. The van der Waals surface area contributed by atoms with Crippen LogP contribution in [-0.2, 0) is 9.59 Å². The zero-order chi connectivity index (χ0) is 20.5. The van der Waals surface area contributed by atoms with E-state index in [-0.39, 0.29) is 30.5 Å². The highest BCUT2D eigenvalue weighted by Crippen LogP contribution is 2.28. The van der Waals surface area contributed by atoms with Crippen LogP contribution in [-0.4, -0.2) is 38.6 Å². The third kappa shape index (κ3) is 3.81. The van der Waals surface area contributed by atoms with Crippen molar-refractivity contribution in [2.24, 2.45) is 5.92 Å².